The van der Waals surface area contributed by atoms with Crippen LogP contribution in [0.2, 0.25) is 0 Å². The Kier molecular flexibility index (Phi) is 6.36. The van der Waals surface area contributed by atoms with Gasteiger partial charge in [0.2, 0.25) is 0 Å². The summed E-state index contributed by atoms with van der Waals surface area (Å²) in [4.78, 5) is 15.4. The number of morpholine rings is 1. The Bertz CT molecular complexity index is 905. The molecule has 1 aromatic carbocycles. The molecule has 2 fully saturated rings. The highest BCUT2D eigenvalue weighted by Gasteiger charge is 2.40. The zero-order valence-corrected chi connectivity index (χ0v) is 17.1. The summed E-state index contributed by atoms with van der Waals surface area (Å²) >= 11 is 0. The third-order valence-corrected chi connectivity index (χ3v) is 6.10. The van der Waals surface area contributed by atoms with Gasteiger partial charge in [0.25, 0.3) is 5.91 Å². The molecule has 0 bridgehead atoms. The van der Waals surface area contributed by atoms with Gasteiger partial charge in [0.05, 0.1) is 31.1 Å². The Labute approximate surface area is 176 Å². The summed E-state index contributed by atoms with van der Waals surface area (Å²) in [6.45, 7) is 4.14. The first-order valence-corrected chi connectivity index (χ1v) is 10.5. The third kappa shape index (κ3) is 4.50. The number of furan rings is 1. The van der Waals surface area contributed by atoms with Crippen molar-refractivity contribution in [2.45, 2.75) is 37.8 Å². The molecule has 7 heteroatoms. The van der Waals surface area contributed by atoms with Crippen LogP contribution in [0.25, 0.3) is 0 Å². The quantitative estimate of drug-likeness (QED) is 0.756. The van der Waals surface area contributed by atoms with Crippen LogP contribution in [0.3, 0.4) is 0 Å². The minimum absolute atomic E-state index is 0.0143. The Morgan fingerprint density at radius 1 is 1.23 bits per heavy atom. The minimum Gasteiger partial charge on any atom is -0.489 e. The average Bonchev–Trinajstić information content (AvgIpc) is 3.47. The maximum atomic E-state index is 12.9. The number of carbonyl (C=O) groups excluding carboxylic acids is 1. The molecule has 2 aromatic rings. The molecule has 1 aliphatic heterocycles. The van der Waals surface area contributed by atoms with E-state index >= 15 is 0 Å². The number of hydrogen-bond donors (Lipinski definition) is 1. The number of carbonyl (C=O) groups is 1. The summed E-state index contributed by atoms with van der Waals surface area (Å²) in [6, 6.07) is 10.8. The molecule has 0 atom stereocenters. The zero-order valence-electron chi connectivity index (χ0n) is 17.1. The van der Waals surface area contributed by atoms with Gasteiger partial charge in [-0.2, -0.15) is 5.26 Å². The third-order valence-electron chi connectivity index (χ3n) is 6.10. The van der Waals surface area contributed by atoms with Gasteiger partial charge in [-0.15, -0.1) is 0 Å². The van der Waals surface area contributed by atoms with Crippen LogP contribution in [0.15, 0.2) is 41.0 Å². The predicted molar refractivity (Wildman–Crippen MR) is 110 cm³/mol. The number of hydrogen-bond acceptors (Lipinski definition) is 6. The van der Waals surface area contributed by atoms with Crippen LogP contribution < -0.4 is 10.1 Å². The summed E-state index contributed by atoms with van der Waals surface area (Å²) in [5.41, 5.74) is 1.23. The summed E-state index contributed by atoms with van der Waals surface area (Å²) < 4.78 is 16.7. The highest BCUT2D eigenvalue weighted by atomic mass is 16.5. The van der Waals surface area contributed by atoms with Crippen LogP contribution in [-0.2, 0) is 11.3 Å². The number of nitrogens with one attached hydrogen (secondary N) is 1. The molecule has 1 saturated carbocycles. The van der Waals surface area contributed by atoms with Crippen LogP contribution in [0.1, 0.15) is 47.4 Å². The Morgan fingerprint density at radius 2 is 2.03 bits per heavy atom. The molecular weight excluding hydrogens is 382 g/mol. The van der Waals surface area contributed by atoms with Crippen molar-refractivity contribution in [3.8, 4) is 11.8 Å². The standard InChI is InChI=1S/C23H27N3O4/c24-15-18-4-3-5-20(14-18)30-16-19-6-11-29-21(19)22(27)25-17-23(7-1-2-8-23)26-9-12-28-13-10-26/h3-6,11,14H,1-2,7-10,12-13,16-17H2,(H,25,27). The second kappa shape index (κ2) is 9.33. The lowest BCUT2D eigenvalue weighted by Crippen LogP contribution is -2.57. The van der Waals surface area contributed by atoms with Crippen LogP contribution in [0.4, 0.5) is 0 Å². The van der Waals surface area contributed by atoms with E-state index in [0.717, 1.165) is 39.1 Å². The number of nitrogens with zero attached hydrogens (tertiary/aromatic N) is 2. The number of benzene rings is 1. The van der Waals surface area contributed by atoms with Gasteiger partial charge >= 0.3 is 0 Å². The maximum absolute atomic E-state index is 12.9. The lowest BCUT2D eigenvalue weighted by atomic mass is 9.94. The number of amides is 1. The van der Waals surface area contributed by atoms with Crippen molar-refractivity contribution in [1.82, 2.24) is 10.2 Å². The SMILES string of the molecule is N#Cc1cccc(OCc2ccoc2C(=O)NCC2(N3CCOCC3)CCCC2)c1. The first-order chi connectivity index (χ1) is 14.7. The van der Waals surface area contributed by atoms with Gasteiger partial charge in [-0.25, -0.2) is 0 Å². The first kappa shape index (κ1) is 20.5. The van der Waals surface area contributed by atoms with E-state index in [9.17, 15) is 4.79 Å². The second-order valence-electron chi connectivity index (χ2n) is 7.92. The topological polar surface area (TPSA) is 87.7 Å². The fourth-order valence-corrected chi connectivity index (χ4v) is 4.47. The van der Waals surface area contributed by atoms with E-state index < -0.39 is 0 Å². The lowest BCUT2D eigenvalue weighted by molar-refractivity contribution is -0.0199. The van der Waals surface area contributed by atoms with Gasteiger partial charge in [0.15, 0.2) is 5.76 Å². The fourth-order valence-electron chi connectivity index (χ4n) is 4.47. The fraction of sp³-hybridized carbons (Fsp3) is 0.478. The van der Waals surface area contributed by atoms with Crippen molar-refractivity contribution in [2.24, 2.45) is 0 Å². The molecule has 4 rings (SSSR count). The van der Waals surface area contributed by atoms with Gasteiger partial charge < -0.3 is 19.2 Å². The molecule has 2 aliphatic rings. The van der Waals surface area contributed by atoms with Gasteiger partial charge in [-0.05, 0) is 37.1 Å². The van der Waals surface area contributed by atoms with Gasteiger partial charge in [0.1, 0.15) is 12.4 Å². The number of ether oxygens (including phenoxy) is 2. The summed E-state index contributed by atoms with van der Waals surface area (Å²) in [5.74, 6) is 0.643. The number of rotatable bonds is 7. The Morgan fingerprint density at radius 3 is 2.80 bits per heavy atom. The molecule has 1 N–H and O–H groups in total. The van der Waals surface area contributed by atoms with E-state index in [0.29, 0.717) is 23.4 Å². The molecule has 1 aromatic heterocycles. The average molecular weight is 409 g/mol. The highest BCUT2D eigenvalue weighted by molar-refractivity contribution is 5.92. The van der Waals surface area contributed by atoms with Crippen molar-refractivity contribution in [3.63, 3.8) is 0 Å². The zero-order chi connectivity index (χ0) is 20.8. The number of nitriles is 1. The molecule has 0 spiro atoms. The van der Waals surface area contributed by atoms with Crippen molar-refractivity contribution >= 4 is 5.91 Å². The Balaban J connectivity index is 1.38. The van der Waals surface area contributed by atoms with Crippen LogP contribution in [0.5, 0.6) is 5.75 Å². The smallest absolute Gasteiger partial charge is 0.287 e. The van der Waals surface area contributed by atoms with Crippen LogP contribution in [-0.4, -0.2) is 49.2 Å². The molecule has 0 radical (unpaired) electrons. The van der Waals surface area contributed by atoms with Crippen LogP contribution >= 0.6 is 0 Å². The monoisotopic (exact) mass is 409 g/mol. The van der Waals surface area contributed by atoms with Crippen molar-refractivity contribution < 1.29 is 18.7 Å². The molecule has 158 valence electrons. The van der Waals surface area contributed by atoms with E-state index in [1.807, 2.05) is 0 Å². The maximum Gasteiger partial charge on any atom is 0.287 e. The summed E-state index contributed by atoms with van der Waals surface area (Å²) in [6.07, 6.45) is 6.07. The van der Waals surface area contributed by atoms with Crippen molar-refractivity contribution in [3.05, 3.63) is 53.5 Å². The van der Waals surface area contributed by atoms with E-state index in [4.69, 9.17) is 19.2 Å². The highest BCUT2D eigenvalue weighted by Crippen LogP contribution is 2.35. The van der Waals surface area contributed by atoms with Crippen molar-refractivity contribution in [1.29, 1.82) is 5.26 Å². The normalized spacial score (nSPS) is 18.6. The predicted octanol–water partition coefficient (Wildman–Crippen LogP) is 3.11. The van der Waals surface area contributed by atoms with E-state index in [1.54, 1.807) is 30.3 Å². The van der Waals surface area contributed by atoms with Gasteiger partial charge in [-0.1, -0.05) is 18.9 Å². The summed E-state index contributed by atoms with van der Waals surface area (Å²) in [7, 11) is 0. The Hall–Kier alpha value is -2.82. The lowest BCUT2D eigenvalue weighted by Gasteiger charge is -2.43. The second-order valence-corrected chi connectivity index (χ2v) is 7.92. The molecule has 2 heterocycles. The molecule has 30 heavy (non-hydrogen) atoms. The van der Waals surface area contributed by atoms with E-state index in [2.05, 4.69) is 16.3 Å². The van der Waals surface area contributed by atoms with E-state index in [-0.39, 0.29) is 23.8 Å². The van der Waals surface area contributed by atoms with Gasteiger partial charge in [-0.3, -0.25) is 9.69 Å². The minimum atomic E-state index is -0.219. The van der Waals surface area contributed by atoms with E-state index in [1.165, 1.54) is 19.1 Å². The first-order valence-electron chi connectivity index (χ1n) is 10.5. The molecule has 1 saturated heterocycles. The van der Waals surface area contributed by atoms with Crippen molar-refractivity contribution in [2.75, 3.05) is 32.8 Å². The summed E-state index contributed by atoms with van der Waals surface area (Å²) in [5, 5.41) is 12.1. The molecular formula is C23H27N3O4. The molecule has 7 nitrogen and oxygen atoms in total. The molecule has 0 unspecified atom stereocenters. The van der Waals surface area contributed by atoms with Gasteiger partial charge in [0, 0.05) is 30.7 Å². The molecule has 1 aliphatic carbocycles. The van der Waals surface area contributed by atoms with Crippen LogP contribution in [0, 0.1) is 11.3 Å². The largest absolute Gasteiger partial charge is 0.489 e. The molecule has 1 amide bonds.